The molecule has 0 saturated heterocycles. The second-order valence-electron chi connectivity index (χ2n) is 4.59. The van der Waals surface area contributed by atoms with Crippen LogP contribution in [0.15, 0.2) is 47.2 Å². The second kappa shape index (κ2) is 4.31. The number of furan rings is 1. The van der Waals surface area contributed by atoms with E-state index in [1.807, 2.05) is 29.0 Å². The molecule has 3 aromatic rings. The molecule has 0 radical (unpaired) electrons. The minimum absolute atomic E-state index is 0.00830. The number of carboxylic acid groups (broad SMARTS) is 1. The number of hydrogen-bond donors (Lipinski definition) is 1. The molecule has 0 bridgehead atoms. The predicted octanol–water partition coefficient (Wildman–Crippen LogP) is 3.29. The molecular weight excluding hydrogens is 242 g/mol. The molecule has 0 aliphatic heterocycles. The topological polar surface area (TPSA) is 55.4 Å². The lowest BCUT2D eigenvalue weighted by Gasteiger charge is -2.04. The highest BCUT2D eigenvalue weighted by Gasteiger charge is 2.14. The van der Waals surface area contributed by atoms with Crippen molar-refractivity contribution in [2.75, 3.05) is 0 Å². The van der Waals surface area contributed by atoms with Crippen molar-refractivity contribution in [3.8, 4) is 0 Å². The maximum Gasteiger partial charge on any atom is 0.372 e. The van der Waals surface area contributed by atoms with E-state index in [9.17, 15) is 4.79 Å². The normalized spacial score (nSPS) is 11.0. The van der Waals surface area contributed by atoms with E-state index >= 15 is 0 Å². The number of rotatable bonds is 3. The Labute approximate surface area is 109 Å². The molecule has 0 unspecified atom stereocenters. The number of aromatic nitrogens is 1. The Bertz CT molecular complexity index is 752. The lowest BCUT2D eigenvalue weighted by Crippen LogP contribution is -2.03. The summed E-state index contributed by atoms with van der Waals surface area (Å²) in [7, 11) is 0. The van der Waals surface area contributed by atoms with Gasteiger partial charge in [0.15, 0.2) is 0 Å². The van der Waals surface area contributed by atoms with Gasteiger partial charge in [0.05, 0.1) is 12.8 Å². The van der Waals surface area contributed by atoms with E-state index in [0.717, 1.165) is 10.9 Å². The van der Waals surface area contributed by atoms with Crippen LogP contribution in [0.25, 0.3) is 10.9 Å². The zero-order chi connectivity index (χ0) is 13.4. The second-order valence-corrected chi connectivity index (χ2v) is 4.59. The minimum Gasteiger partial charge on any atom is -0.475 e. The van der Waals surface area contributed by atoms with Gasteiger partial charge in [-0.15, -0.1) is 0 Å². The number of nitrogens with zero attached hydrogens (tertiary/aromatic N) is 1. The SMILES string of the molecule is Cc1ccc2c(ccn2Cc2ccoc2C(=O)O)c1. The van der Waals surface area contributed by atoms with Crippen LogP contribution in [0.1, 0.15) is 21.7 Å². The Morgan fingerprint density at radius 3 is 2.95 bits per heavy atom. The number of fused-ring (bicyclic) bond motifs is 1. The lowest BCUT2D eigenvalue weighted by molar-refractivity contribution is 0.0660. The molecule has 96 valence electrons. The first kappa shape index (κ1) is 11.6. The summed E-state index contributed by atoms with van der Waals surface area (Å²) in [6, 6.07) is 9.93. The number of carbonyl (C=O) groups is 1. The number of aromatic carboxylic acids is 1. The van der Waals surface area contributed by atoms with Crippen LogP contribution < -0.4 is 0 Å². The van der Waals surface area contributed by atoms with Crippen molar-refractivity contribution in [3.05, 3.63) is 59.7 Å². The van der Waals surface area contributed by atoms with Crippen LogP contribution in [0, 0.1) is 6.92 Å². The van der Waals surface area contributed by atoms with Gasteiger partial charge in [0, 0.05) is 17.3 Å². The zero-order valence-electron chi connectivity index (χ0n) is 10.5. The molecule has 0 fully saturated rings. The van der Waals surface area contributed by atoms with Gasteiger partial charge >= 0.3 is 5.97 Å². The molecule has 2 aromatic heterocycles. The van der Waals surface area contributed by atoms with E-state index in [-0.39, 0.29) is 5.76 Å². The third-order valence-corrected chi connectivity index (χ3v) is 3.21. The molecule has 4 heteroatoms. The Hall–Kier alpha value is -2.49. The van der Waals surface area contributed by atoms with Gasteiger partial charge in [-0.25, -0.2) is 4.79 Å². The van der Waals surface area contributed by atoms with E-state index in [4.69, 9.17) is 9.52 Å². The monoisotopic (exact) mass is 255 g/mol. The van der Waals surface area contributed by atoms with Crippen molar-refractivity contribution >= 4 is 16.9 Å². The minimum atomic E-state index is -1.03. The largest absolute Gasteiger partial charge is 0.475 e. The number of hydrogen-bond acceptors (Lipinski definition) is 2. The van der Waals surface area contributed by atoms with Gasteiger partial charge in [-0.3, -0.25) is 0 Å². The van der Waals surface area contributed by atoms with Crippen LogP contribution in [0.2, 0.25) is 0 Å². The maximum atomic E-state index is 11.0. The van der Waals surface area contributed by atoms with Crippen LogP contribution in [0.4, 0.5) is 0 Å². The number of carboxylic acids is 1. The molecule has 0 saturated carbocycles. The van der Waals surface area contributed by atoms with Crippen LogP contribution in [-0.2, 0) is 6.54 Å². The molecule has 0 amide bonds. The van der Waals surface area contributed by atoms with Crippen LogP contribution in [0.5, 0.6) is 0 Å². The third kappa shape index (κ3) is 2.01. The average molecular weight is 255 g/mol. The number of benzene rings is 1. The standard InChI is InChI=1S/C15H13NO3/c1-10-2-3-13-11(8-10)4-6-16(13)9-12-5-7-19-14(12)15(17)18/h2-8H,9H2,1H3,(H,17,18). The molecule has 0 aliphatic carbocycles. The van der Waals surface area contributed by atoms with E-state index in [1.165, 1.54) is 11.8 Å². The molecule has 19 heavy (non-hydrogen) atoms. The zero-order valence-corrected chi connectivity index (χ0v) is 10.5. The Morgan fingerprint density at radius 2 is 2.16 bits per heavy atom. The summed E-state index contributed by atoms with van der Waals surface area (Å²) in [6.45, 7) is 2.54. The first-order valence-corrected chi connectivity index (χ1v) is 6.00. The summed E-state index contributed by atoms with van der Waals surface area (Å²) in [6.07, 6.45) is 3.37. The Balaban J connectivity index is 2.01. The first-order chi connectivity index (χ1) is 9.15. The van der Waals surface area contributed by atoms with Gasteiger partial charge < -0.3 is 14.1 Å². The van der Waals surface area contributed by atoms with E-state index in [1.54, 1.807) is 6.07 Å². The van der Waals surface area contributed by atoms with Crippen molar-refractivity contribution < 1.29 is 14.3 Å². The quantitative estimate of drug-likeness (QED) is 0.781. The summed E-state index contributed by atoms with van der Waals surface area (Å²) in [4.78, 5) is 11.0. The van der Waals surface area contributed by atoms with E-state index < -0.39 is 5.97 Å². The summed E-state index contributed by atoms with van der Waals surface area (Å²) in [5, 5.41) is 10.2. The maximum absolute atomic E-state index is 11.0. The molecule has 2 heterocycles. The fourth-order valence-electron chi connectivity index (χ4n) is 2.29. The first-order valence-electron chi connectivity index (χ1n) is 6.00. The summed E-state index contributed by atoms with van der Waals surface area (Å²) >= 11 is 0. The summed E-state index contributed by atoms with van der Waals surface area (Å²) in [5.74, 6) is -1.03. The lowest BCUT2D eigenvalue weighted by atomic mass is 10.2. The van der Waals surface area contributed by atoms with Crippen molar-refractivity contribution in [2.24, 2.45) is 0 Å². The summed E-state index contributed by atoms with van der Waals surface area (Å²) in [5.41, 5.74) is 2.97. The fourth-order valence-corrected chi connectivity index (χ4v) is 2.29. The van der Waals surface area contributed by atoms with Crippen molar-refractivity contribution in [1.82, 2.24) is 4.57 Å². The van der Waals surface area contributed by atoms with Crippen LogP contribution in [-0.4, -0.2) is 15.6 Å². The van der Waals surface area contributed by atoms with Gasteiger partial charge in [-0.2, -0.15) is 0 Å². The highest BCUT2D eigenvalue weighted by molar-refractivity contribution is 5.86. The molecule has 1 N–H and O–H groups in total. The average Bonchev–Trinajstić information content (AvgIpc) is 2.97. The van der Waals surface area contributed by atoms with Crippen LogP contribution in [0.3, 0.4) is 0 Å². The van der Waals surface area contributed by atoms with Gasteiger partial charge in [-0.05, 0) is 36.6 Å². The van der Waals surface area contributed by atoms with Gasteiger partial charge in [0.1, 0.15) is 0 Å². The Kier molecular flexibility index (Phi) is 2.63. The number of aryl methyl sites for hydroxylation is 1. The van der Waals surface area contributed by atoms with Crippen LogP contribution >= 0.6 is 0 Å². The molecule has 1 aromatic carbocycles. The van der Waals surface area contributed by atoms with Crippen molar-refractivity contribution in [3.63, 3.8) is 0 Å². The molecule has 0 aliphatic rings. The highest BCUT2D eigenvalue weighted by atomic mass is 16.4. The highest BCUT2D eigenvalue weighted by Crippen LogP contribution is 2.20. The smallest absolute Gasteiger partial charge is 0.372 e. The molecule has 0 spiro atoms. The van der Waals surface area contributed by atoms with Gasteiger partial charge in [-0.1, -0.05) is 11.6 Å². The van der Waals surface area contributed by atoms with Crippen molar-refractivity contribution in [2.45, 2.75) is 13.5 Å². The predicted molar refractivity (Wildman–Crippen MR) is 71.4 cm³/mol. The molecule has 4 nitrogen and oxygen atoms in total. The molecular formula is C15H13NO3. The van der Waals surface area contributed by atoms with E-state index in [2.05, 4.69) is 13.0 Å². The van der Waals surface area contributed by atoms with Gasteiger partial charge in [0.2, 0.25) is 5.76 Å². The third-order valence-electron chi connectivity index (χ3n) is 3.21. The fraction of sp³-hybridized carbons (Fsp3) is 0.133. The summed E-state index contributed by atoms with van der Waals surface area (Å²) < 4.78 is 7.01. The van der Waals surface area contributed by atoms with Crippen molar-refractivity contribution in [1.29, 1.82) is 0 Å². The molecule has 3 rings (SSSR count). The molecule has 0 atom stereocenters. The van der Waals surface area contributed by atoms with Gasteiger partial charge in [0.25, 0.3) is 0 Å². The Morgan fingerprint density at radius 1 is 1.32 bits per heavy atom. The van der Waals surface area contributed by atoms with E-state index in [0.29, 0.717) is 12.1 Å².